The summed E-state index contributed by atoms with van der Waals surface area (Å²) >= 11 is 0. The van der Waals surface area contributed by atoms with Crippen molar-refractivity contribution in [3.63, 3.8) is 0 Å². The maximum absolute atomic E-state index is 12.4. The van der Waals surface area contributed by atoms with Gasteiger partial charge in [-0.15, -0.1) is 0 Å². The number of rotatable bonds is 3. The van der Waals surface area contributed by atoms with Gasteiger partial charge >= 0.3 is 0 Å². The molecule has 5 heteroatoms. The first-order valence-corrected chi connectivity index (χ1v) is 6.58. The summed E-state index contributed by atoms with van der Waals surface area (Å²) in [6.07, 6.45) is 2.03. The fourth-order valence-corrected chi connectivity index (χ4v) is 2.38. The van der Waals surface area contributed by atoms with Gasteiger partial charge in [-0.1, -0.05) is 6.07 Å². The zero-order valence-electron chi connectivity index (χ0n) is 11.8. The van der Waals surface area contributed by atoms with Crippen LogP contribution < -0.4 is 4.74 Å². The van der Waals surface area contributed by atoms with Crippen LogP contribution in [0, 0.1) is 0 Å². The predicted molar refractivity (Wildman–Crippen MR) is 73.4 cm³/mol. The molecule has 0 bridgehead atoms. The van der Waals surface area contributed by atoms with Crippen LogP contribution in [0.4, 0.5) is 0 Å². The van der Waals surface area contributed by atoms with Gasteiger partial charge < -0.3 is 14.5 Å². The van der Waals surface area contributed by atoms with Gasteiger partial charge in [-0.2, -0.15) is 0 Å². The molecule has 1 amide bonds. The van der Waals surface area contributed by atoms with Gasteiger partial charge in [0.1, 0.15) is 5.69 Å². The minimum atomic E-state index is -0.0338. The molecule has 1 saturated heterocycles. The molecule has 0 saturated carbocycles. The van der Waals surface area contributed by atoms with E-state index in [2.05, 4.69) is 16.9 Å². The van der Waals surface area contributed by atoms with E-state index in [1.165, 1.54) is 0 Å². The van der Waals surface area contributed by atoms with Gasteiger partial charge in [0.25, 0.3) is 5.91 Å². The Balaban J connectivity index is 2.05. The third-order valence-corrected chi connectivity index (χ3v) is 3.71. The van der Waals surface area contributed by atoms with Crippen LogP contribution in [0.1, 0.15) is 23.3 Å². The van der Waals surface area contributed by atoms with E-state index in [0.29, 0.717) is 17.6 Å². The molecule has 0 radical (unpaired) electrons. The van der Waals surface area contributed by atoms with Gasteiger partial charge in [-0.05, 0) is 39.0 Å². The lowest BCUT2D eigenvalue weighted by atomic mass is 10.0. The molecule has 0 N–H and O–H groups in total. The van der Waals surface area contributed by atoms with Crippen molar-refractivity contribution < 1.29 is 9.53 Å². The highest BCUT2D eigenvalue weighted by atomic mass is 16.5. The van der Waals surface area contributed by atoms with E-state index in [4.69, 9.17) is 4.74 Å². The molecule has 0 atom stereocenters. The summed E-state index contributed by atoms with van der Waals surface area (Å²) in [5.41, 5.74) is 0.445. The summed E-state index contributed by atoms with van der Waals surface area (Å²) in [6, 6.07) is 5.57. The summed E-state index contributed by atoms with van der Waals surface area (Å²) in [4.78, 5) is 20.7. The van der Waals surface area contributed by atoms with E-state index >= 15 is 0 Å². The Kier molecular flexibility index (Phi) is 4.37. The lowest BCUT2D eigenvalue weighted by Crippen LogP contribution is -2.44. The predicted octanol–water partition coefficient (Wildman–Crippen LogP) is 1.26. The van der Waals surface area contributed by atoms with E-state index in [1.807, 2.05) is 11.9 Å². The largest absolute Gasteiger partial charge is 0.481 e. The molecule has 0 aliphatic carbocycles. The summed E-state index contributed by atoms with van der Waals surface area (Å²) < 4.78 is 5.06. The minimum absolute atomic E-state index is 0.0338. The Bertz CT molecular complexity index is 442. The van der Waals surface area contributed by atoms with Gasteiger partial charge in [-0.25, -0.2) is 4.98 Å². The van der Waals surface area contributed by atoms with Crippen LogP contribution in [0.5, 0.6) is 5.88 Å². The van der Waals surface area contributed by atoms with E-state index in [9.17, 15) is 4.79 Å². The average molecular weight is 263 g/mol. The van der Waals surface area contributed by atoms with Crippen molar-refractivity contribution >= 4 is 5.91 Å². The van der Waals surface area contributed by atoms with Gasteiger partial charge in [-0.3, -0.25) is 4.79 Å². The Hall–Kier alpha value is -1.62. The number of ether oxygens (including phenoxy) is 1. The van der Waals surface area contributed by atoms with Crippen LogP contribution in [0.15, 0.2) is 18.2 Å². The first-order chi connectivity index (χ1) is 9.11. The fraction of sp³-hybridized carbons (Fsp3) is 0.571. The molecule has 1 aliphatic rings. The first kappa shape index (κ1) is 13.8. The SMILES string of the molecule is COc1cccc(C(=O)N(C)C2CCN(C)CC2)n1. The molecular weight excluding hydrogens is 242 g/mol. The number of hydrogen-bond acceptors (Lipinski definition) is 4. The lowest BCUT2D eigenvalue weighted by molar-refractivity contribution is 0.0653. The quantitative estimate of drug-likeness (QED) is 0.823. The number of pyridine rings is 1. The van der Waals surface area contributed by atoms with Gasteiger partial charge in [0.15, 0.2) is 0 Å². The Morgan fingerprint density at radius 3 is 2.74 bits per heavy atom. The average Bonchev–Trinajstić information content (AvgIpc) is 2.46. The zero-order chi connectivity index (χ0) is 13.8. The molecule has 1 aromatic rings. The maximum Gasteiger partial charge on any atom is 0.272 e. The lowest BCUT2D eigenvalue weighted by Gasteiger charge is -2.34. The molecule has 0 unspecified atom stereocenters. The molecule has 2 rings (SSSR count). The van der Waals surface area contributed by atoms with E-state index in [1.54, 1.807) is 25.3 Å². The molecular formula is C14H21N3O2. The third kappa shape index (κ3) is 3.23. The van der Waals surface area contributed by atoms with E-state index < -0.39 is 0 Å². The monoisotopic (exact) mass is 263 g/mol. The van der Waals surface area contributed by atoms with E-state index in [-0.39, 0.29) is 5.91 Å². The van der Waals surface area contributed by atoms with Crippen molar-refractivity contribution in [3.05, 3.63) is 23.9 Å². The Morgan fingerprint density at radius 2 is 2.11 bits per heavy atom. The number of piperidine rings is 1. The van der Waals surface area contributed by atoms with Crippen LogP contribution >= 0.6 is 0 Å². The first-order valence-electron chi connectivity index (χ1n) is 6.58. The van der Waals surface area contributed by atoms with Crippen molar-refractivity contribution in [1.29, 1.82) is 0 Å². The number of nitrogens with zero attached hydrogens (tertiary/aromatic N) is 3. The second kappa shape index (κ2) is 6.02. The summed E-state index contributed by atoms with van der Waals surface area (Å²) in [5, 5.41) is 0. The Labute approximate surface area is 114 Å². The van der Waals surface area contributed by atoms with Gasteiger partial charge in [0, 0.05) is 19.2 Å². The number of methoxy groups -OCH3 is 1. The number of amides is 1. The second-order valence-electron chi connectivity index (χ2n) is 5.02. The second-order valence-corrected chi connectivity index (χ2v) is 5.02. The number of carbonyl (C=O) groups is 1. The number of aromatic nitrogens is 1. The number of carbonyl (C=O) groups excluding carboxylic acids is 1. The molecule has 19 heavy (non-hydrogen) atoms. The molecule has 5 nitrogen and oxygen atoms in total. The van der Waals surface area contributed by atoms with Crippen molar-refractivity contribution in [2.45, 2.75) is 18.9 Å². The smallest absolute Gasteiger partial charge is 0.272 e. The van der Waals surface area contributed by atoms with E-state index in [0.717, 1.165) is 25.9 Å². The standard InChI is InChI=1S/C14H21N3O2/c1-16-9-7-11(8-10-16)17(2)14(18)12-5-4-6-13(15-12)19-3/h4-6,11H,7-10H2,1-3H3. The van der Waals surface area contributed by atoms with Crippen LogP contribution in [0.25, 0.3) is 0 Å². The highest BCUT2D eigenvalue weighted by molar-refractivity contribution is 5.92. The molecule has 2 heterocycles. The zero-order valence-corrected chi connectivity index (χ0v) is 11.8. The summed E-state index contributed by atoms with van der Waals surface area (Å²) in [6.45, 7) is 2.07. The molecule has 0 spiro atoms. The number of likely N-dealkylation sites (tertiary alicyclic amines) is 1. The molecule has 104 valence electrons. The van der Waals surface area contributed by atoms with Crippen LogP contribution in [0.2, 0.25) is 0 Å². The highest BCUT2D eigenvalue weighted by Gasteiger charge is 2.25. The van der Waals surface area contributed by atoms with Crippen LogP contribution in [0.3, 0.4) is 0 Å². The molecule has 1 fully saturated rings. The molecule has 1 aromatic heterocycles. The fourth-order valence-electron chi connectivity index (χ4n) is 2.38. The van der Waals surface area contributed by atoms with Crippen LogP contribution in [-0.2, 0) is 0 Å². The minimum Gasteiger partial charge on any atom is -0.481 e. The van der Waals surface area contributed by atoms with Crippen molar-refractivity contribution in [1.82, 2.24) is 14.8 Å². The van der Waals surface area contributed by atoms with Crippen LogP contribution in [-0.4, -0.2) is 61.0 Å². The number of hydrogen-bond donors (Lipinski definition) is 0. The topological polar surface area (TPSA) is 45.7 Å². The molecule has 0 aromatic carbocycles. The third-order valence-electron chi connectivity index (χ3n) is 3.71. The summed E-state index contributed by atoms with van der Waals surface area (Å²) in [7, 11) is 5.53. The normalized spacial score (nSPS) is 17.2. The molecule has 1 aliphatic heterocycles. The Morgan fingerprint density at radius 1 is 1.42 bits per heavy atom. The maximum atomic E-state index is 12.4. The summed E-state index contributed by atoms with van der Waals surface area (Å²) in [5.74, 6) is 0.441. The van der Waals surface area contributed by atoms with Crippen molar-refractivity contribution in [3.8, 4) is 5.88 Å². The van der Waals surface area contributed by atoms with Crippen molar-refractivity contribution in [2.75, 3.05) is 34.3 Å². The highest BCUT2D eigenvalue weighted by Crippen LogP contribution is 2.17. The van der Waals surface area contributed by atoms with Gasteiger partial charge in [0.05, 0.1) is 7.11 Å². The van der Waals surface area contributed by atoms with Crippen molar-refractivity contribution in [2.24, 2.45) is 0 Å². The van der Waals surface area contributed by atoms with Gasteiger partial charge in [0.2, 0.25) is 5.88 Å².